The third kappa shape index (κ3) is 4.49. The van der Waals surface area contributed by atoms with Gasteiger partial charge in [0.2, 0.25) is 5.91 Å². The molecule has 0 fully saturated rings. The highest BCUT2D eigenvalue weighted by Gasteiger charge is 2.17. The first-order chi connectivity index (χ1) is 9.47. The van der Waals surface area contributed by atoms with Crippen LogP contribution in [0.5, 0.6) is 0 Å². The normalized spacial score (nSPS) is 10.2. The van der Waals surface area contributed by atoms with E-state index in [0.717, 1.165) is 23.3 Å². The van der Waals surface area contributed by atoms with Crippen LogP contribution < -0.4 is 0 Å². The Kier molecular flexibility index (Phi) is 6.46. The van der Waals surface area contributed by atoms with E-state index in [1.807, 2.05) is 18.7 Å². The molecule has 0 unspecified atom stereocenters. The van der Waals surface area contributed by atoms with E-state index in [4.69, 9.17) is 4.74 Å². The van der Waals surface area contributed by atoms with Crippen molar-refractivity contribution in [1.82, 2.24) is 4.90 Å². The molecule has 1 aromatic rings. The minimum atomic E-state index is 0.0675. The summed E-state index contributed by atoms with van der Waals surface area (Å²) in [6, 6.07) is 8.30. The van der Waals surface area contributed by atoms with Crippen molar-refractivity contribution in [1.29, 1.82) is 0 Å². The molecule has 0 saturated heterocycles. The number of hydrogen-bond acceptors (Lipinski definition) is 2. The van der Waals surface area contributed by atoms with E-state index >= 15 is 0 Å². The zero-order chi connectivity index (χ0) is 15.1. The van der Waals surface area contributed by atoms with Gasteiger partial charge in [0, 0.05) is 32.9 Å². The van der Waals surface area contributed by atoms with Crippen LogP contribution in [-0.2, 0) is 9.53 Å². The van der Waals surface area contributed by atoms with E-state index in [2.05, 4.69) is 31.2 Å². The van der Waals surface area contributed by atoms with Crippen molar-refractivity contribution in [3.05, 3.63) is 41.0 Å². The van der Waals surface area contributed by atoms with Crippen molar-refractivity contribution in [2.45, 2.75) is 34.1 Å². The number of benzene rings is 1. The molecular formula is C17H25NO2. The summed E-state index contributed by atoms with van der Waals surface area (Å²) in [5.41, 5.74) is 4.45. The maximum Gasteiger partial charge on any atom is 0.223 e. The number of nitrogens with zero attached hydrogens (tertiary/aromatic N) is 1. The molecule has 0 atom stereocenters. The Morgan fingerprint density at radius 1 is 1.15 bits per heavy atom. The summed E-state index contributed by atoms with van der Waals surface area (Å²) in [5, 5.41) is 0. The second-order valence-electron chi connectivity index (χ2n) is 5.23. The lowest BCUT2D eigenvalue weighted by Gasteiger charge is -2.26. The Hall–Kier alpha value is -1.61. The lowest BCUT2D eigenvalue weighted by atomic mass is 10.0. The van der Waals surface area contributed by atoms with E-state index in [1.165, 1.54) is 5.56 Å². The van der Waals surface area contributed by atoms with Crippen LogP contribution in [0, 0.1) is 6.92 Å². The topological polar surface area (TPSA) is 29.5 Å². The molecule has 0 radical (unpaired) electrons. The van der Waals surface area contributed by atoms with Gasteiger partial charge in [0.1, 0.15) is 0 Å². The number of ether oxygens (including phenoxy) is 1. The summed E-state index contributed by atoms with van der Waals surface area (Å²) in [5.74, 6) is 0.0675. The fourth-order valence-corrected chi connectivity index (χ4v) is 2.22. The monoisotopic (exact) mass is 275 g/mol. The first-order valence-electron chi connectivity index (χ1n) is 6.99. The van der Waals surface area contributed by atoms with Crippen LogP contribution in [-0.4, -0.2) is 31.1 Å². The van der Waals surface area contributed by atoms with Gasteiger partial charge in [-0.25, -0.2) is 0 Å². The van der Waals surface area contributed by atoms with Crippen LogP contribution in [0.25, 0.3) is 5.70 Å². The zero-order valence-electron chi connectivity index (χ0n) is 13.2. The van der Waals surface area contributed by atoms with Gasteiger partial charge in [-0.2, -0.15) is 0 Å². The van der Waals surface area contributed by atoms with Gasteiger partial charge in [-0.15, -0.1) is 0 Å². The standard InChI is InChI=1S/C17H25NO2/c1-13(2)17(16-9-7-14(3)8-10-16)18(15(4)19)11-6-12-20-5/h7-10H,6,11-12H2,1-5H3. The summed E-state index contributed by atoms with van der Waals surface area (Å²) in [7, 11) is 1.68. The maximum atomic E-state index is 12.0. The highest BCUT2D eigenvalue weighted by molar-refractivity contribution is 5.86. The van der Waals surface area contributed by atoms with Crippen LogP contribution >= 0.6 is 0 Å². The third-order valence-electron chi connectivity index (χ3n) is 3.18. The molecule has 0 bridgehead atoms. The van der Waals surface area contributed by atoms with Crippen molar-refractivity contribution < 1.29 is 9.53 Å². The smallest absolute Gasteiger partial charge is 0.223 e. The lowest BCUT2D eigenvalue weighted by molar-refractivity contribution is -0.125. The average molecular weight is 275 g/mol. The van der Waals surface area contributed by atoms with Gasteiger partial charge >= 0.3 is 0 Å². The Labute approximate surface area is 122 Å². The van der Waals surface area contributed by atoms with Gasteiger partial charge < -0.3 is 9.64 Å². The molecule has 1 aromatic carbocycles. The first-order valence-corrected chi connectivity index (χ1v) is 6.99. The summed E-state index contributed by atoms with van der Waals surface area (Å²) in [4.78, 5) is 13.8. The quantitative estimate of drug-likeness (QED) is 0.742. The molecule has 1 rings (SSSR count). The Bertz CT molecular complexity index is 470. The summed E-state index contributed by atoms with van der Waals surface area (Å²) in [6.45, 7) is 9.10. The van der Waals surface area contributed by atoms with E-state index in [0.29, 0.717) is 13.2 Å². The lowest BCUT2D eigenvalue weighted by Crippen LogP contribution is -2.29. The van der Waals surface area contributed by atoms with E-state index in [9.17, 15) is 4.79 Å². The second kappa shape index (κ2) is 7.85. The van der Waals surface area contributed by atoms with Gasteiger partial charge in [-0.1, -0.05) is 35.4 Å². The maximum absolute atomic E-state index is 12.0. The highest BCUT2D eigenvalue weighted by atomic mass is 16.5. The number of amides is 1. The number of carbonyl (C=O) groups is 1. The number of methoxy groups -OCH3 is 1. The molecule has 20 heavy (non-hydrogen) atoms. The number of rotatable bonds is 6. The van der Waals surface area contributed by atoms with Crippen molar-refractivity contribution in [2.24, 2.45) is 0 Å². The summed E-state index contributed by atoms with van der Waals surface area (Å²) in [6.07, 6.45) is 0.832. The van der Waals surface area contributed by atoms with Crippen LogP contribution in [0.3, 0.4) is 0 Å². The first kappa shape index (κ1) is 16.4. The Balaban J connectivity index is 3.07. The number of aryl methyl sites for hydroxylation is 1. The van der Waals surface area contributed by atoms with Gasteiger partial charge in [-0.05, 0) is 32.8 Å². The fourth-order valence-electron chi connectivity index (χ4n) is 2.22. The molecule has 0 N–H and O–H groups in total. The van der Waals surface area contributed by atoms with Gasteiger partial charge in [-0.3, -0.25) is 4.79 Å². The predicted molar refractivity (Wildman–Crippen MR) is 83.3 cm³/mol. The molecule has 0 aliphatic heterocycles. The van der Waals surface area contributed by atoms with Gasteiger partial charge in [0.25, 0.3) is 0 Å². The average Bonchev–Trinajstić information content (AvgIpc) is 2.39. The fraction of sp³-hybridized carbons (Fsp3) is 0.471. The van der Waals surface area contributed by atoms with Crippen molar-refractivity contribution in [2.75, 3.05) is 20.3 Å². The van der Waals surface area contributed by atoms with Gasteiger partial charge in [0.15, 0.2) is 0 Å². The number of hydrogen-bond donors (Lipinski definition) is 0. The van der Waals surface area contributed by atoms with Crippen LogP contribution in [0.4, 0.5) is 0 Å². The molecular weight excluding hydrogens is 250 g/mol. The van der Waals surface area contributed by atoms with Crippen LogP contribution in [0.2, 0.25) is 0 Å². The second-order valence-corrected chi connectivity index (χ2v) is 5.23. The molecule has 0 aliphatic rings. The molecule has 1 amide bonds. The van der Waals surface area contributed by atoms with E-state index < -0.39 is 0 Å². The molecule has 0 spiro atoms. The summed E-state index contributed by atoms with van der Waals surface area (Å²) < 4.78 is 5.08. The minimum Gasteiger partial charge on any atom is -0.385 e. The van der Waals surface area contributed by atoms with Gasteiger partial charge in [0.05, 0.1) is 0 Å². The van der Waals surface area contributed by atoms with Crippen molar-refractivity contribution in [3.63, 3.8) is 0 Å². The Morgan fingerprint density at radius 2 is 1.75 bits per heavy atom. The van der Waals surface area contributed by atoms with E-state index in [-0.39, 0.29) is 5.91 Å². The largest absolute Gasteiger partial charge is 0.385 e. The number of allylic oxidation sites excluding steroid dienone is 1. The SMILES string of the molecule is COCCCN(C(C)=O)C(=C(C)C)c1ccc(C)cc1. The molecule has 110 valence electrons. The Morgan fingerprint density at radius 3 is 2.20 bits per heavy atom. The van der Waals surface area contributed by atoms with Crippen molar-refractivity contribution in [3.8, 4) is 0 Å². The van der Waals surface area contributed by atoms with E-state index in [1.54, 1.807) is 14.0 Å². The van der Waals surface area contributed by atoms with Crippen LogP contribution in [0.1, 0.15) is 38.3 Å². The number of carbonyl (C=O) groups excluding carboxylic acids is 1. The highest BCUT2D eigenvalue weighted by Crippen LogP contribution is 2.24. The predicted octanol–water partition coefficient (Wildman–Crippen LogP) is 3.63. The molecule has 3 nitrogen and oxygen atoms in total. The molecule has 0 heterocycles. The minimum absolute atomic E-state index is 0.0675. The molecule has 0 saturated carbocycles. The zero-order valence-corrected chi connectivity index (χ0v) is 13.2. The van der Waals surface area contributed by atoms with Crippen molar-refractivity contribution >= 4 is 11.6 Å². The van der Waals surface area contributed by atoms with Crippen LogP contribution in [0.15, 0.2) is 29.8 Å². The third-order valence-corrected chi connectivity index (χ3v) is 3.18. The molecule has 0 aliphatic carbocycles. The summed E-state index contributed by atoms with van der Waals surface area (Å²) >= 11 is 0. The molecule has 3 heteroatoms. The molecule has 0 aromatic heterocycles.